The van der Waals surface area contributed by atoms with Crippen LogP contribution in [-0.4, -0.2) is 68.0 Å². The van der Waals surface area contributed by atoms with Crippen molar-refractivity contribution in [2.45, 2.75) is 15.6 Å². The van der Waals surface area contributed by atoms with E-state index in [1.165, 1.54) is 46.3 Å². The number of anilines is 1. The molecular weight excluding hydrogens is 599 g/mol. The van der Waals surface area contributed by atoms with Gasteiger partial charge in [0.25, 0.3) is 11.8 Å². The van der Waals surface area contributed by atoms with E-state index in [-0.39, 0.29) is 27.7 Å². The summed E-state index contributed by atoms with van der Waals surface area (Å²) in [6, 6.07) is 5.71. The Morgan fingerprint density at radius 1 is 1.32 bits per heavy atom. The van der Waals surface area contributed by atoms with Crippen LogP contribution in [0.3, 0.4) is 0 Å². The van der Waals surface area contributed by atoms with Crippen molar-refractivity contribution in [3.05, 3.63) is 68.3 Å². The maximum absolute atomic E-state index is 12.9. The van der Waals surface area contributed by atoms with Crippen LogP contribution in [0, 0.1) is 0 Å². The molecule has 16 heteroatoms. The molecule has 4 heterocycles. The fourth-order valence-corrected chi connectivity index (χ4v) is 7.94. The highest BCUT2D eigenvalue weighted by Crippen LogP contribution is 2.41. The smallest absolute Gasteiger partial charge is 0.352 e. The van der Waals surface area contributed by atoms with E-state index in [9.17, 15) is 29.5 Å². The molecule has 2 atom stereocenters. The number of aliphatic carboxylic acids is 1. The van der Waals surface area contributed by atoms with Crippen LogP contribution in [0.4, 0.5) is 5.13 Å². The number of benzene rings is 1. The number of hydrogen-bond acceptors (Lipinski definition) is 13. The van der Waals surface area contributed by atoms with Crippen molar-refractivity contribution in [3.8, 4) is 5.75 Å². The molecule has 1 saturated heterocycles. The molecule has 2 aliphatic rings. The predicted octanol–water partition coefficient (Wildman–Crippen LogP) is 2.53. The standard InChI is InChI=1S/C24H19N5O7S4/c1-36-11-2-3-12-14(30)7-16(40-15(12)6-11)37-5-4-10-8-38-22-18(21(32)29(22)19(10)23(33)34)27-20(31)17(28-35)13-9-39-24(25)26-13/h2-7,9,18,22,35H,8H2,1H3,(H2,25,26)(H,27,31)(H,33,34)/t18?,22-/m1/s1. The first-order valence-electron chi connectivity index (χ1n) is 11.3. The van der Waals surface area contributed by atoms with Gasteiger partial charge in [0.2, 0.25) is 0 Å². The number of aromatic nitrogens is 1. The molecule has 2 amide bonds. The molecule has 0 aliphatic carbocycles. The van der Waals surface area contributed by atoms with Crippen molar-refractivity contribution in [2.75, 3.05) is 18.6 Å². The van der Waals surface area contributed by atoms with Crippen LogP contribution in [0.1, 0.15) is 5.69 Å². The number of hydrogen-bond donors (Lipinski definition) is 4. The molecule has 40 heavy (non-hydrogen) atoms. The van der Waals surface area contributed by atoms with Crippen LogP contribution in [-0.2, 0) is 14.4 Å². The van der Waals surface area contributed by atoms with Crippen LogP contribution >= 0.6 is 46.2 Å². The first kappa shape index (κ1) is 27.7. The number of β-lactam (4-membered cyclic amide) rings is 1. The number of ether oxygens (including phenoxy) is 1. The molecule has 2 aromatic heterocycles. The maximum Gasteiger partial charge on any atom is 0.352 e. The number of carbonyl (C=O) groups excluding carboxylic acids is 2. The minimum atomic E-state index is -1.29. The van der Waals surface area contributed by atoms with Gasteiger partial charge in [0.15, 0.2) is 16.3 Å². The lowest BCUT2D eigenvalue weighted by Crippen LogP contribution is -2.71. The molecule has 12 nitrogen and oxygen atoms in total. The van der Waals surface area contributed by atoms with Crippen LogP contribution in [0.2, 0.25) is 0 Å². The van der Waals surface area contributed by atoms with Crippen molar-refractivity contribution in [3.63, 3.8) is 0 Å². The Morgan fingerprint density at radius 2 is 2.12 bits per heavy atom. The highest BCUT2D eigenvalue weighted by molar-refractivity contribution is 8.04. The van der Waals surface area contributed by atoms with Gasteiger partial charge in [-0.15, -0.1) is 34.4 Å². The lowest BCUT2D eigenvalue weighted by molar-refractivity contribution is -0.150. The van der Waals surface area contributed by atoms with Crippen LogP contribution in [0.5, 0.6) is 5.75 Å². The Morgan fingerprint density at radius 3 is 2.80 bits per heavy atom. The normalized spacial score (nSPS) is 19.1. The maximum atomic E-state index is 12.9. The summed E-state index contributed by atoms with van der Waals surface area (Å²) >= 11 is 4.98. The number of nitrogens with zero attached hydrogens (tertiary/aromatic N) is 3. The zero-order valence-corrected chi connectivity index (χ0v) is 23.7. The summed E-state index contributed by atoms with van der Waals surface area (Å²) in [7, 11) is 1.55. The van der Waals surface area contributed by atoms with E-state index >= 15 is 0 Å². The fourth-order valence-electron chi connectivity index (χ4n) is 4.07. The summed E-state index contributed by atoms with van der Waals surface area (Å²) in [4.78, 5) is 55.3. The molecule has 5 N–H and O–H groups in total. The predicted molar refractivity (Wildman–Crippen MR) is 154 cm³/mol. The van der Waals surface area contributed by atoms with Gasteiger partial charge in [0.1, 0.15) is 28.6 Å². The lowest BCUT2D eigenvalue weighted by atomic mass is 10.0. The molecule has 5 rings (SSSR count). The van der Waals surface area contributed by atoms with Crippen molar-refractivity contribution in [1.29, 1.82) is 0 Å². The van der Waals surface area contributed by atoms with Crippen LogP contribution in [0.15, 0.2) is 66.6 Å². The summed E-state index contributed by atoms with van der Waals surface area (Å²) < 4.78 is 6.70. The second-order valence-electron chi connectivity index (χ2n) is 8.27. The number of nitrogen functional groups attached to an aromatic ring is 1. The van der Waals surface area contributed by atoms with Crippen molar-refractivity contribution >= 4 is 84.9 Å². The summed E-state index contributed by atoms with van der Waals surface area (Å²) in [5.74, 6) is -1.85. The van der Waals surface area contributed by atoms with Crippen molar-refractivity contribution in [1.82, 2.24) is 15.2 Å². The largest absolute Gasteiger partial charge is 0.497 e. The van der Waals surface area contributed by atoms with Crippen LogP contribution in [0.25, 0.3) is 10.1 Å². The SMILES string of the molecule is COc1ccc2c(=O)cc(SC=CC3=C(C(=O)O)N4C(=O)C(NC(=O)C(=NO)c5csc(N)n5)[C@H]4SC3)sc2c1. The minimum absolute atomic E-state index is 0.0500. The number of oxime groups is 1. The number of amides is 2. The summed E-state index contributed by atoms with van der Waals surface area (Å²) in [5.41, 5.74) is 5.29. The molecule has 0 bridgehead atoms. The van der Waals surface area contributed by atoms with E-state index < -0.39 is 34.9 Å². The molecule has 0 radical (unpaired) electrons. The molecule has 0 spiro atoms. The second-order valence-corrected chi connectivity index (χ2v) is 12.6. The molecule has 1 fully saturated rings. The minimum Gasteiger partial charge on any atom is -0.497 e. The van der Waals surface area contributed by atoms with Crippen LogP contribution < -0.4 is 21.2 Å². The Labute approximate surface area is 242 Å². The summed E-state index contributed by atoms with van der Waals surface area (Å²) in [6.45, 7) is 0. The number of allylic oxidation sites excluding steroid dienone is 1. The number of nitrogens with two attached hydrogens (primary N) is 1. The number of carbonyl (C=O) groups is 3. The average molecular weight is 618 g/mol. The van der Waals surface area contributed by atoms with Gasteiger partial charge in [0, 0.05) is 27.3 Å². The van der Waals surface area contributed by atoms with Gasteiger partial charge in [-0.05, 0) is 35.3 Å². The number of rotatable bonds is 8. The average Bonchev–Trinajstić information content (AvgIpc) is 3.36. The quantitative estimate of drug-likeness (QED) is 0.0957. The summed E-state index contributed by atoms with van der Waals surface area (Å²) in [5, 5.41) is 27.9. The molecular formula is C24H19N5O7S4. The van der Waals surface area contributed by atoms with E-state index in [0.717, 1.165) is 20.9 Å². The molecule has 2 aliphatic heterocycles. The van der Waals surface area contributed by atoms with Gasteiger partial charge in [-0.25, -0.2) is 9.78 Å². The number of methoxy groups -OCH3 is 1. The fraction of sp³-hybridized carbons (Fsp3) is 0.167. The molecule has 1 aromatic carbocycles. The van der Waals surface area contributed by atoms with E-state index in [0.29, 0.717) is 20.9 Å². The summed E-state index contributed by atoms with van der Waals surface area (Å²) in [6.07, 6.45) is 1.60. The van der Waals surface area contributed by atoms with E-state index in [1.807, 2.05) is 0 Å². The zero-order valence-electron chi connectivity index (χ0n) is 20.4. The molecule has 3 aromatic rings. The number of thiazole rings is 1. The number of nitrogens with one attached hydrogen (secondary N) is 1. The van der Waals surface area contributed by atoms with Gasteiger partial charge in [0.05, 0.1) is 11.3 Å². The Bertz CT molecular complexity index is 1700. The van der Waals surface area contributed by atoms with Gasteiger partial charge in [-0.2, -0.15) is 0 Å². The number of carboxylic acids is 1. The first-order valence-corrected chi connectivity index (χ1v) is 14.9. The Balaban J connectivity index is 1.32. The molecule has 0 saturated carbocycles. The van der Waals surface area contributed by atoms with Gasteiger partial charge < -0.3 is 26.1 Å². The van der Waals surface area contributed by atoms with Crippen molar-refractivity contribution in [2.24, 2.45) is 5.16 Å². The van der Waals surface area contributed by atoms with Crippen molar-refractivity contribution < 1.29 is 29.4 Å². The zero-order chi connectivity index (χ0) is 28.6. The van der Waals surface area contributed by atoms with Gasteiger partial charge >= 0.3 is 5.97 Å². The highest BCUT2D eigenvalue weighted by atomic mass is 32.2. The van der Waals surface area contributed by atoms with E-state index in [2.05, 4.69) is 15.5 Å². The number of fused-ring (bicyclic) bond motifs is 2. The molecule has 206 valence electrons. The van der Waals surface area contributed by atoms with E-state index in [4.69, 9.17) is 10.5 Å². The molecule has 1 unspecified atom stereocenters. The topological polar surface area (TPSA) is 185 Å². The van der Waals surface area contributed by atoms with Gasteiger partial charge in [-0.3, -0.25) is 19.3 Å². The van der Waals surface area contributed by atoms with E-state index in [1.54, 1.807) is 36.8 Å². The number of carboxylic acid groups (broad SMARTS) is 1. The Hall–Kier alpha value is -3.86. The monoisotopic (exact) mass is 617 g/mol. The number of thioether (sulfide) groups is 2. The first-order chi connectivity index (χ1) is 19.2. The highest BCUT2D eigenvalue weighted by Gasteiger charge is 2.54. The third kappa shape index (κ3) is 5.17. The Kier molecular flexibility index (Phi) is 7.84. The van der Waals surface area contributed by atoms with Gasteiger partial charge in [-0.1, -0.05) is 16.9 Å². The third-order valence-corrected chi connectivity index (χ3v) is 9.95. The second kappa shape index (κ2) is 11.3. The third-order valence-electron chi connectivity index (χ3n) is 5.93. The lowest BCUT2D eigenvalue weighted by Gasteiger charge is -2.49.